The maximum absolute atomic E-state index is 9.82. The maximum Gasteiger partial charge on any atom is 0.0682 e. The minimum atomic E-state index is -0.203. The summed E-state index contributed by atoms with van der Waals surface area (Å²) >= 11 is 3.39. The van der Waals surface area contributed by atoms with Crippen molar-refractivity contribution in [3.63, 3.8) is 0 Å². The lowest BCUT2D eigenvalue weighted by molar-refractivity contribution is 0.168. The van der Waals surface area contributed by atoms with Gasteiger partial charge in [0.25, 0.3) is 0 Å². The van der Waals surface area contributed by atoms with Crippen LogP contribution in [0.15, 0.2) is 22.8 Å². The molecule has 100 valence electrons. The van der Waals surface area contributed by atoms with Gasteiger partial charge in [-0.25, -0.2) is 0 Å². The second-order valence-corrected chi connectivity index (χ2v) is 6.12. The Morgan fingerprint density at radius 2 is 2.28 bits per heavy atom. The molecule has 0 amide bonds. The number of aliphatic hydroxyl groups is 1. The van der Waals surface area contributed by atoms with Crippen LogP contribution in [-0.2, 0) is 6.54 Å². The van der Waals surface area contributed by atoms with Gasteiger partial charge >= 0.3 is 0 Å². The molecule has 0 spiro atoms. The maximum atomic E-state index is 9.82. The van der Waals surface area contributed by atoms with Crippen molar-refractivity contribution in [2.24, 2.45) is 0 Å². The molecule has 1 fully saturated rings. The molecule has 2 heterocycles. The average molecular weight is 314 g/mol. The Morgan fingerprint density at radius 1 is 1.50 bits per heavy atom. The van der Waals surface area contributed by atoms with E-state index in [0.717, 1.165) is 36.2 Å². The van der Waals surface area contributed by atoms with Crippen molar-refractivity contribution < 1.29 is 5.11 Å². The molecule has 2 rings (SSSR count). The van der Waals surface area contributed by atoms with Crippen molar-refractivity contribution in [1.29, 1.82) is 0 Å². The van der Waals surface area contributed by atoms with Gasteiger partial charge in [0.1, 0.15) is 0 Å². The lowest BCUT2D eigenvalue weighted by atomic mass is 10.2. The number of hydrogen-bond donors (Lipinski definition) is 1. The van der Waals surface area contributed by atoms with Crippen molar-refractivity contribution in [2.45, 2.75) is 25.1 Å². The van der Waals surface area contributed by atoms with Crippen molar-refractivity contribution in [3.8, 4) is 0 Å². The Morgan fingerprint density at radius 3 is 2.89 bits per heavy atom. The molecular weight excluding hydrogens is 294 g/mol. The molecule has 0 radical (unpaired) electrons. The van der Waals surface area contributed by atoms with Crippen LogP contribution in [0.25, 0.3) is 0 Å². The van der Waals surface area contributed by atoms with E-state index in [9.17, 15) is 5.11 Å². The highest BCUT2D eigenvalue weighted by atomic mass is 79.9. The quantitative estimate of drug-likeness (QED) is 0.910. The minimum Gasteiger partial charge on any atom is -0.392 e. The van der Waals surface area contributed by atoms with Crippen LogP contribution in [0.4, 0.5) is 0 Å². The molecule has 1 aromatic heterocycles. The first kappa shape index (κ1) is 13.9. The average Bonchev–Trinajstić information content (AvgIpc) is 2.61. The molecule has 18 heavy (non-hydrogen) atoms. The standard InChI is InChI=1S/C13H20BrN3O/c1-16(2)8-12-5-13(18)9-17(12)7-11-4-3-10(14)6-15-11/h3-4,6,12-13,18H,5,7-9H2,1-2H3. The molecule has 5 heteroatoms. The predicted octanol–water partition coefficient (Wildman–Crippen LogP) is 1.34. The zero-order valence-electron chi connectivity index (χ0n) is 10.9. The monoisotopic (exact) mass is 313 g/mol. The fraction of sp³-hybridized carbons (Fsp3) is 0.615. The van der Waals surface area contributed by atoms with E-state index in [1.54, 1.807) is 0 Å². The second kappa shape index (κ2) is 6.10. The predicted molar refractivity (Wildman–Crippen MR) is 75.3 cm³/mol. The number of likely N-dealkylation sites (tertiary alicyclic amines) is 1. The number of nitrogens with zero attached hydrogens (tertiary/aromatic N) is 3. The minimum absolute atomic E-state index is 0.203. The molecule has 2 unspecified atom stereocenters. The molecule has 1 aliphatic heterocycles. The molecule has 1 N–H and O–H groups in total. The number of likely N-dealkylation sites (N-methyl/N-ethyl adjacent to an activating group) is 1. The summed E-state index contributed by atoms with van der Waals surface area (Å²) in [6, 6.07) is 4.46. The first-order chi connectivity index (χ1) is 8.54. The molecular formula is C13H20BrN3O. The van der Waals surface area contributed by atoms with E-state index >= 15 is 0 Å². The van der Waals surface area contributed by atoms with Crippen molar-refractivity contribution in [1.82, 2.24) is 14.8 Å². The topological polar surface area (TPSA) is 39.6 Å². The third kappa shape index (κ3) is 3.75. The van der Waals surface area contributed by atoms with Crippen LogP contribution < -0.4 is 0 Å². The number of β-amino-alcohol motifs (C(OH)–C–C–N with tert-alkyl or cyclic N) is 1. The van der Waals surface area contributed by atoms with Gasteiger partial charge < -0.3 is 10.0 Å². The molecule has 1 aliphatic rings. The molecule has 0 bridgehead atoms. The van der Waals surface area contributed by atoms with Crippen LogP contribution in [0.1, 0.15) is 12.1 Å². The van der Waals surface area contributed by atoms with Crippen LogP contribution in [0.2, 0.25) is 0 Å². The van der Waals surface area contributed by atoms with Gasteiger partial charge in [0.15, 0.2) is 0 Å². The lowest BCUT2D eigenvalue weighted by Crippen LogP contribution is -2.37. The number of hydrogen-bond acceptors (Lipinski definition) is 4. The fourth-order valence-electron chi connectivity index (χ4n) is 2.47. The van der Waals surface area contributed by atoms with Crippen molar-refractivity contribution in [3.05, 3.63) is 28.5 Å². The molecule has 4 nitrogen and oxygen atoms in total. The number of rotatable bonds is 4. The van der Waals surface area contributed by atoms with Gasteiger partial charge in [0.2, 0.25) is 0 Å². The SMILES string of the molecule is CN(C)CC1CC(O)CN1Cc1ccc(Br)cn1. The molecule has 0 aromatic carbocycles. The van der Waals surface area contributed by atoms with Crippen LogP contribution in [-0.4, -0.2) is 59.2 Å². The Bertz CT molecular complexity index is 382. The van der Waals surface area contributed by atoms with E-state index in [1.165, 1.54) is 0 Å². The number of halogens is 1. The molecule has 1 aromatic rings. The Kier molecular flexibility index (Phi) is 4.72. The van der Waals surface area contributed by atoms with Gasteiger partial charge in [-0.05, 0) is 48.6 Å². The van der Waals surface area contributed by atoms with Gasteiger partial charge in [-0.3, -0.25) is 9.88 Å². The molecule has 0 aliphatic carbocycles. The van der Waals surface area contributed by atoms with Gasteiger partial charge in [0, 0.05) is 36.3 Å². The summed E-state index contributed by atoms with van der Waals surface area (Å²) in [6.07, 6.45) is 2.47. The van der Waals surface area contributed by atoms with Gasteiger partial charge in [0.05, 0.1) is 11.8 Å². The van der Waals surface area contributed by atoms with E-state index in [1.807, 2.05) is 18.3 Å². The summed E-state index contributed by atoms with van der Waals surface area (Å²) in [6.45, 7) is 2.53. The largest absolute Gasteiger partial charge is 0.392 e. The van der Waals surface area contributed by atoms with Crippen LogP contribution >= 0.6 is 15.9 Å². The summed E-state index contributed by atoms with van der Waals surface area (Å²) in [5, 5.41) is 9.82. The summed E-state index contributed by atoms with van der Waals surface area (Å²) in [5.41, 5.74) is 1.05. The first-order valence-corrected chi connectivity index (χ1v) is 7.01. The van der Waals surface area contributed by atoms with Gasteiger partial charge in [-0.1, -0.05) is 0 Å². The Balaban J connectivity index is 2.00. The molecule has 2 atom stereocenters. The van der Waals surface area contributed by atoms with Crippen LogP contribution in [0, 0.1) is 0 Å². The highest BCUT2D eigenvalue weighted by molar-refractivity contribution is 9.10. The van der Waals surface area contributed by atoms with Crippen LogP contribution in [0.5, 0.6) is 0 Å². The summed E-state index contributed by atoms with van der Waals surface area (Å²) in [5.74, 6) is 0. The van der Waals surface area contributed by atoms with E-state index in [4.69, 9.17) is 0 Å². The second-order valence-electron chi connectivity index (χ2n) is 5.20. The van der Waals surface area contributed by atoms with E-state index in [0.29, 0.717) is 6.04 Å². The number of aliphatic hydroxyl groups excluding tert-OH is 1. The van der Waals surface area contributed by atoms with Crippen LogP contribution in [0.3, 0.4) is 0 Å². The zero-order chi connectivity index (χ0) is 13.1. The van der Waals surface area contributed by atoms with E-state index in [-0.39, 0.29) is 6.10 Å². The summed E-state index contributed by atoms with van der Waals surface area (Å²) < 4.78 is 0.998. The smallest absolute Gasteiger partial charge is 0.0682 e. The fourth-order valence-corrected chi connectivity index (χ4v) is 2.71. The highest BCUT2D eigenvalue weighted by Crippen LogP contribution is 2.21. The Labute approximate surface area is 117 Å². The van der Waals surface area contributed by atoms with Crippen molar-refractivity contribution >= 4 is 15.9 Å². The van der Waals surface area contributed by atoms with Gasteiger partial charge in [-0.15, -0.1) is 0 Å². The number of aromatic nitrogens is 1. The lowest BCUT2D eigenvalue weighted by Gasteiger charge is -2.26. The highest BCUT2D eigenvalue weighted by Gasteiger charge is 2.31. The van der Waals surface area contributed by atoms with Crippen molar-refractivity contribution in [2.75, 3.05) is 27.2 Å². The Hall–Kier alpha value is -0.490. The summed E-state index contributed by atoms with van der Waals surface area (Å²) in [4.78, 5) is 8.89. The van der Waals surface area contributed by atoms with E-state index < -0.39 is 0 Å². The third-order valence-electron chi connectivity index (χ3n) is 3.24. The third-order valence-corrected chi connectivity index (χ3v) is 3.70. The van der Waals surface area contributed by atoms with E-state index in [2.05, 4.69) is 44.8 Å². The first-order valence-electron chi connectivity index (χ1n) is 6.22. The zero-order valence-corrected chi connectivity index (χ0v) is 12.5. The molecule has 0 saturated carbocycles. The normalized spacial score (nSPS) is 24.9. The summed E-state index contributed by atoms with van der Waals surface area (Å²) in [7, 11) is 4.14. The number of pyridine rings is 1. The molecule has 1 saturated heterocycles. The van der Waals surface area contributed by atoms with Gasteiger partial charge in [-0.2, -0.15) is 0 Å².